The van der Waals surface area contributed by atoms with Gasteiger partial charge in [-0.1, -0.05) is 0 Å². The third kappa shape index (κ3) is 3.43. The molecular weight excluding hydrogens is 310 g/mol. The van der Waals surface area contributed by atoms with Crippen molar-refractivity contribution in [1.82, 2.24) is 9.88 Å². The molecule has 2 heterocycles. The number of likely N-dealkylation sites (tertiary alicyclic amines) is 1. The fourth-order valence-electron chi connectivity index (χ4n) is 2.19. The number of nitrogens with zero attached hydrogens (tertiary/aromatic N) is 2. The Hall–Kier alpha value is -2.39. The van der Waals surface area contributed by atoms with Crippen molar-refractivity contribution < 1.29 is 32.3 Å². The van der Waals surface area contributed by atoms with Crippen molar-refractivity contribution in [3.63, 3.8) is 0 Å². The van der Waals surface area contributed by atoms with Crippen molar-refractivity contribution in [3.8, 4) is 0 Å². The number of hydrogen-bond donors (Lipinski definition) is 2. The molecule has 0 saturated carbocycles. The summed E-state index contributed by atoms with van der Waals surface area (Å²) >= 11 is 0. The van der Waals surface area contributed by atoms with Gasteiger partial charge in [-0.05, 0) is 12.1 Å². The Labute approximate surface area is 121 Å². The van der Waals surface area contributed by atoms with Gasteiger partial charge in [0.15, 0.2) is 0 Å². The van der Waals surface area contributed by atoms with Crippen LogP contribution in [0.4, 0.5) is 28.2 Å². The number of urea groups is 1. The van der Waals surface area contributed by atoms with Crippen molar-refractivity contribution in [2.45, 2.75) is 6.18 Å². The van der Waals surface area contributed by atoms with E-state index in [1.807, 2.05) is 0 Å². The number of carboxylic acid groups (broad SMARTS) is 1. The molecule has 1 aromatic rings. The number of anilines is 1. The highest BCUT2D eigenvalue weighted by molar-refractivity contribution is 5.89. The Bertz CT molecular complexity index is 576. The number of pyridine rings is 1. The van der Waals surface area contributed by atoms with Crippen molar-refractivity contribution in [1.29, 1.82) is 0 Å². The second kappa shape index (κ2) is 5.78. The number of amides is 2. The average Bonchev–Trinajstić information content (AvgIpc) is 2.86. The summed E-state index contributed by atoms with van der Waals surface area (Å²) in [6.45, 7) is -1.32. The average molecular weight is 321 g/mol. The predicted octanol–water partition coefficient (Wildman–Crippen LogP) is 1.95. The fourth-order valence-corrected chi connectivity index (χ4v) is 2.19. The van der Waals surface area contributed by atoms with Crippen LogP contribution in [-0.4, -0.2) is 46.3 Å². The van der Waals surface area contributed by atoms with E-state index in [0.717, 1.165) is 23.2 Å². The number of alkyl halides is 3. The number of aromatic nitrogens is 1. The molecule has 2 rings (SSSR count). The Morgan fingerprint density at radius 1 is 1.32 bits per heavy atom. The zero-order valence-electron chi connectivity index (χ0n) is 11.0. The van der Waals surface area contributed by atoms with Gasteiger partial charge in [0.2, 0.25) is 0 Å². The molecule has 1 saturated heterocycles. The minimum atomic E-state index is -4.72. The number of rotatable bonds is 2. The second-order valence-corrected chi connectivity index (χ2v) is 4.79. The lowest BCUT2D eigenvalue weighted by Gasteiger charge is -2.18. The predicted molar refractivity (Wildman–Crippen MR) is 65.5 cm³/mol. The minimum Gasteiger partial charge on any atom is -0.481 e. The lowest BCUT2D eigenvalue weighted by atomic mass is 9.96. The number of aliphatic carboxylic acids is 1. The molecule has 0 spiro atoms. The molecule has 0 unspecified atom stereocenters. The molecule has 2 amide bonds. The van der Waals surface area contributed by atoms with Crippen LogP contribution in [0.1, 0.15) is 0 Å². The molecule has 1 aliphatic heterocycles. The summed E-state index contributed by atoms with van der Waals surface area (Å²) in [4.78, 5) is 27.1. The zero-order chi connectivity index (χ0) is 16.5. The Kier molecular flexibility index (Phi) is 4.20. The molecule has 2 atom stereocenters. The molecule has 120 valence electrons. The van der Waals surface area contributed by atoms with Gasteiger partial charge in [0, 0.05) is 13.1 Å². The highest BCUT2D eigenvalue weighted by Crippen LogP contribution is 2.37. The molecular formula is C12H11F4N3O3. The number of nitrogens with one attached hydrogen (secondary N) is 1. The minimum absolute atomic E-state index is 0.0475. The van der Waals surface area contributed by atoms with Crippen LogP contribution in [0, 0.1) is 17.7 Å². The molecule has 1 aromatic heterocycles. The van der Waals surface area contributed by atoms with Crippen LogP contribution in [0.3, 0.4) is 0 Å². The molecule has 22 heavy (non-hydrogen) atoms. The highest BCUT2D eigenvalue weighted by atomic mass is 19.4. The number of halogens is 4. The first kappa shape index (κ1) is 16.0. The van der Waals surface area contributed by atoms with Gasteiger partial charge >= 0.3 is 18.2 Å². The molecule has 1 aliphatic rings. The molecule has 0 bridgehead atoms. The maximum absolute atomic E-state index is 12.8. The normalized spacial score (nSPS) is 21.7. The van der Waals surface area contributed by atoms with Gasteiger partial charge in [-0.3, -0.25) is 10.1 Å². The first-order valence-corrected chi connectivity index (χ1v) is 6.15. The van der Waals surface area contributed by atoms with E-state index in [2.05, 4.69) is 10.3 Å². The SMILES string of the molecule is O=C(O)[C@@H]1CN(C(=O)Nc2ccc(F)cn2)C[C@H]1C(F)(F)F. The van der Waals surface area contributed by atoms with E-state index in [-0.39, 0.29) is 5.82 Å². The maximum Gasteiger partial charge on any atom is 0.394 e. The van der Waals surface area contributed by atoms with Gasteiger partial charge in [0.05, 0.1) is 18.0 Å². The smallest absolute Gasteiger partial charge is 0.394 e. The van der Waals surface area contributed by atoms with E-state index in [0.29, 0.717) is 0 Å². The number of carbonyl (C=O) groups is 2. The molecule has 10 heteroatoms. The van der Waals surface area contributed by atoms with Gasteiger partial charge in [0.1, 0.15) is 11.6 Å². The van der Waals surface area contributed by atoms with E-state index >= 15 is 0 Å². The first-order chi connectivity index (χ1) is 10.2. The second-order valence-electron chi connectivity index (χ2n) is 4.79. The van der Waals surface area contributed by atoms with E-state index in [1.165, 1.54) is 0 Å². The monoisotopic (exact) mass is 321 g/mol. The van der Waals surface area contributed by atoms with Gasteiger partial charge in [-0.15, -0.1) is 0 Å². The first-order valence-electron chi connectivity index (χ1n) is 6.15. The third-order valence-electron chi connectivity index (χ3n) is 3.31. The molecule has 0 radical (unpaired) electrons. The Morgan fingerprint density at radius 2 is 2.00 bits per heavy atom. The van der Waals surface area contributed by atoms with E-state index in [4.69, 9.17) is 5.11 Å². The van der Waals surface area contributed by atoms with Crippen LogP contribution in [0.2, 0.25) is 0 Å². The number of carbonyl (C=O) groups excluding carboxylic acids is 1. The van der Waals surface area contributed by atoms with Crippen LogP contribution >= 0.6 is 0 Å². The summed E-state index contributed by atoms with van der Waals surface area (Å²) in [5.74, 6) is -6.14. The molecule has 1 fully saturated rings. The lowest BCUT2D eigenvalue weighted by molar-refractivity contribution is -0.187. The van der Waals surface area contributed by atoms with E-state index in [9.17, 15) is 27.2 Å². The van der Waals surface area contributed by atoms with Crippen LogP contribution in [0.25, 0.3) is 0 Å². The van der Waals surface area contributed by atoms with Gasteiger partial charge in [-0.2, -0.15) is 13.2 Å². The highest BCUT2D eigenvalue weighted by Gasteiger charge is 2.53. The van der Waals surface area contributed by atoms with Gasteiger partial charge < -0.3 is 10.0 Å². The van der Waals surface area contributed by atoms with E-state index in [1.54, 1.807) is 0 Å². The van der Waals surface area contributed by atoms with Crippen molar-refractivity contribution in [3.05, 3.63) is 24.1 Å². The Morgan fingerprint density at radius 3 is 2.45 bits per heavy atom. The quantitative estimate of drug-likeness (QED) is 0.816. The summed E-state index contributed by atoms with van der Waals surface area (Å²) in [6, 6.07) is 1.24. The van der Waals surface area contributed by atoms with Crippen LogP contribution in [0.5, 0.6) is 0 Å². The molecule has 2 N–H and O–H groups in total. The lowest BCUT2D eigenvalue weighted by Crippen LogP contribution is -2.35. The Balaban J connectivity index is 2.08. The number of carboxylic acids is 1. The van der Waals surface area contributed by atoms with E-state index < -0.39 is 48.9 Å². The van der Waals surface area contributed by atoms with Crippen LogP contribution in [-0.2, 0) is 4.79 Å². The van der Waals surface area contributed by atoms with Crippen molar-refractivity contribution in [2.75, 3.05) is 18.4 Å². The molecule has 6 nitrogen and oxygen atoms in total. The topological polar surface area (TPSA) is 82.5 Å². The fraction of sp³-hybridized carbons (Fsp3) is 0.417. The largest absolute Gasteiger partial charge is 0.481 e. The summed E-state index contributed by atoms with van der Waals surface area (Å²) in [6.07, 6.45) is -3.88. The van der Waals surface area contributed by atoms with Crippen LogP contribution in [0.15, 0.2) is 18.3 Å². The summed E-state index contributed by atoms with van der Waals surface area (Å²) < 4.78 is 51.1. The molecule has 0 aliphatic carbocycles. The van der Waals surface area contributed by atoms with Crippen molar-refractivity contribution >= 4 is 17.8 Å². The van der Waals surface area contributed by atoms with Crippen LogP contribution < -0.4 is 5.32 Å². The molecule has 0 aromatic carbocycles. The van der Waals surface area contributed by atoms with Gasteiger partial charge in [0.25, 0.3) is 0 Å². The summed E-state index contributed by atoms with van der Waals surface area (Å²) in [5, 5.41) is 11.0. The van der Waals surface area contributed by atoms with Gasteiger partial charge in [-0.25, -0.2) is 14.2 Å². The summed E-state index contributed by atoms with van der Waals surface area (Å²) in [5.41, 5.74) is 0. The standard InChI is InChI=1S/C12H11F4N3O3/c13-6-1-2-9(17-3-6)18-11(22)19-4-7(10(20)21)8(5-19)12(14,15)16/h1-3,7-8H,4-5H2,(H,20,21)(H,17,18,22)/t7-,8-/m1/s1. The summed E-state index contributed by atoms with van der Waals surface area (Å²) in [7, 11) is 0. The maximum atomic E-state index is 12.8. The zero-order valence-corrected chi connectivity index (χ0v) is 11.0. The van der Waals surface area contributed by atoms with Crippen molar-refractivity contribution in [2.24, 2.45) is 11.8 Å². The number of hydrogen-bond acceptors (Lipinski definition) is 3. The third-order valence-corrected chi connectivity index (χ3v) is 3.31.